The minimum absolute atomic E-state index is 0.125. The van der Waals surface area contributed by atoms with Crippen LogP contribution in [0, 0.1) is 17.3 Å². The van der Waals surface area contributed by atoms with Crippen LogP contribution in [0.5, 0.6) is 0 Å². The van der Waals surface area contributed by atoms with E-state index >= 15 is 0 Å². The molecule has 0 unspecified atom stereocenters. The van der Waals surface area contributed by atoms with Gasteiger partial charge < -0.3 is 14.9 Å². The van der Waals surface area contributed by atoms with Crippen LogP contribution in [0.15, 0.2) is 54.6 Å². The summed E-state index contributed by atoms with van der Waals surface area (Å²) in [6.45, 7) is 2.98. The van der Waals surface area contributed by atoms with Crippen LogP contribution in [-0.4, -0.2) is 35.0 Å². The molecule has 1 aromatic carbocycles. The van der Waals surface area contributed by atoms with Gasteiger partial charge in [0.25, 0.3) is 0 Å². The second kappa shape index (κ2) is 12.4. The van der Waals surface area contributed by atoms with Crippen molar-refractivity contribution in [3.63, 3.8) is 0 Å². The molecule has 1 saturated carbocycles. The van der Waals surface area contributed by atoms with E-state index in [0.29, 0.717) is 18.3 Å². The number of benzene rings is 1. The van der Waals surface area contributed by atoms with Gasteiger partial charge in [-0.25, -0.2) is 0 Å². The van der Waals surface area contributed by atoms with Crippen LogP contribution in [0.4, 0.5) is 0 Å². The van der Waals surface area contributed by atoms with E-state index in [1.165, 1.54) is 5.56 Å². The van der Waals surface area contributed by atoms with Crippen molar-refractivity contribution < 1.29 is 19.7 Å². The van der Waals surface area contributed by atoms with Gasteiger partial charge in [-0.05, 0) is 50.0 Å². The summed E-state index contributed by atoms with van der Waals surface area (Å²) in [5.74, 6) is 0.0568. The number of hydrogen-bond donors (Lipinski definition) is 2. The molecule has 5 atom stereocenters. The lowest BCUT2D eigenvalue weighted by Crippen LogP contribution is -2.37. The molecule has 3 rings (SSSR count). The van der Waals surface area contributed by atoms with E-state index < -0.39 is 5.97 Å². The largest absolute Gasteiger partial charge is 0.481 e. The standard InChI is InChI=1S/C28H40O4/c1-2-3-7-14-23(29)17-18-24-25(15-10-4-5-11-16-27(30)31)28(20-26(24)32-21-28)19-22-12-8-6-9-13-22/h4,6,8-10,12-13,17-18,23-26,29H,2-3,5,7,11,14-16,19-21H2,1H3,(H,30,31)/b10-4-,18-17+/t23-,24-,25-,26-,28-/m1/s1. The van der Waals surface area contributed by atoms with Crippen molar-refractivity contribution >= 4 is 5.97 Å². The monoisotopic (exact) mass is 440 g/mol. The minimum Gasteiger partial charge on any atom is -0.481 e. The van der Waals surface area contributed by atoms with E-state index in [0.717, 1.165) is 58.0 Å². The van der Waals surface area contributed by atoms with E-state index in [4.69, 9.17) is 9.84 Å². The lowest BCUT2D eigenvalue weighted by Gasteiger charge is -2.38. The van der Waals surface area contributed by atoms with E-state index in [2.05, 4.69) is 55.5 Å². The topological polar surface area (TPSA) is 66.8 Å². The Kier molecular flexibility index (Phi) is 9.55. The molecule has 4 nitrogen and oxygen atoms in total. The van der Waals surface area contributed by atoms with Crippen molar-refractivity contribution in [3.05, 3.63) is 60.2 Å². The van der Waals surface area contributed by atoms with Crippen LogP contribution in [0.3, 0.4) is 0 Å². The molecular formula is C28H40O4. The molecule has 1 aliphatic carbocycles. The molecule has 2 bridgehead atoms. The van der Waals surface area contributed by atoms with Crippen LogP contribution in [-0.2, 0) is 16.0 Å². The van der Waals surface area contributed by atoms with Gasteiger partial charge in [-0.1, -0.05) is 80.8 Å². The van der Waals surface area contributed by atoms with E-state index in [1.54, 1.807) is 0 Å². The molecule has 1 heterocycles. The highest BCUT2D eigenvalue weighted by molar-refractivity contribution is 5.66. The maximum absolute atomic E-state index is 10.7. The Morgan fingerprint density at radius 1 is 1.22 bits per heavy atom. The fourth-order valence-electron chi connectivity index (χ4n) is 5.57. The third-order valence-corrected chi connectivity index (χ3v) is 7.25. The summed E-state index contributed by atoms with van der Waals surface area (Å²) in [7, 11) is 0. The van der Waals surface area contributed by atoms with Crippen molar-refractivity contribution in [1.29, 1.82) is 0 Å². The lowest BCUT2D eigenvalue weighted by molar-refractivity contribution is -0.137. The normalized spacial score (nSPS) is 28.1. The first-order valence-electron chi connectivity index (χ1n) is 12.4. The third-order valence-electron chi connectivity index (χ3n) is 7.25. The highest BCUT2D eigenvalue weighted by Gasteiger charge is 2.57. The van der Waals surface area contributed by atoms with Crippen molar-refractivity contribution in [3.8, 4) is 0 Å². The van der Waals surface area contributed by atoms with Crippen LogP contribution < -0.4 is 0 Å². The van der Waals surface area contributed by atoms with Crippen molar-refractivity contribution in [2.24, 2.45) is 17.3 Å². The maximum atomic E-state index is 10.7. The van der Waals surface area contributed by atoms with Crippen LogP contribution in [0.1, 0.15) is 70.3 Å². The second-order valence-corrected chi connectivity index (χ2v) is 9.70. The number of aliphatic hydroxyl groups excluding tert-OH is 1. The van der Waals surface area contributed by atoms with Gasteiger partial charge in [0.05, 0.1) is 18.8 Å². The average Bonchev–Trinajstić information content (AvgIpc) is 3.31. The van der Waals surface area contributed by atoms with Gasteiger partial charge in [0.2, 0.25) is 0 Å². The molecule has 1 aliphatic heterocycles. The van der Waals surface area contributed by atoms with Gasteiger partial charge in [-0.15, -0.1) is 0 Å². The quantitative estimate of drug-likeness (QED) is 0.277. The predicted molar refractivity (Wildman–Crippen MR) is 128 cm³/mol. The number of unbranched alkanes of at least 4 members (excludes halogenated alkanes) is 3. The number of carbonyl (C=O) groups is 1. The zero-order chi connectivity index (χ0) is 22.8. The molecule has 0 spiro atoms. The minimum atomic E-state index is -0.729. The first-order chi connectivity index (χ1) is 15.5. The molecule has 2 aliphatic rings. The summed E-state index contributed by atoms with van der Waals surface area (Å²) in [6.07, 6.45) is 17.5. The van der Waals surface area contributed by atoms with Crippen molar-refractivity contribution in [2.45, 2.75) is 83.3 Å². The highest BCUT2D eigenvalue weighted by atomic mass is 16.5. The Balaban J connectivity index is 1.68. The molecule has 4 heteroatoms. The SMILES string of the molecule is CCCCC[C@@H](O)/C=C/[C@@H]1[C@@H](C/C=C\CCCC(=O)O)[C@@]2(Cc3ccccc3)CO[C@@H]1C2. The lowest BCUT2D eigenvalue weighted by atomic mass is 9.70. The van der Waals surface area contributed by atoms with Gasteiger partial charge in [-0.3, -0.25) is 4.79 Å². The molecule has 0 radical (unpaired) electrons. The molecule has 176 valence electrons. The Hall–Kier alpha value is -1.91. The number of allylic oxidation sites excluding steroid dienone is 2. The summed E-state index contributed by atoms with van der Waals surface area (Å²) in [6, 6.07) is 10.7. The van der Waals surface area contributed by atoms with Gasteiger partial charge >= 0.3 is 5.97 Å². The van der Waals surface area contributed by atoms with Gasteiger partial charge in [0.15, 0.2) is 0 Å². The summed E-state index contributed by atoms with van der Waals surface area (Å²) < 4.78 is 6.25. The molecule has 0 aromatic heterocycles. The molecular weight excluding hydrogens is 400 g/mol. The fraction of sp³-hybridized carbons (Fsp3) is 0.607. The summed E-state index contributed by atoms with van der Waals surface area (Å²) in [4.78, 5) is 10.7. The van der Waals surface area contributed by atoms with Crippen LogP contribution in [0.25, 0.3) is 0 Å². The smallest absolute Gasteiger partial charge is 0.303 e. The first-order valence-corrected chi connectivity index (χ1v) is 12.4. The fourth-order valence-corrected chi connectivity index (χ4v) is 5.57. The molecule has 1 aromatic rings. The Morgan fingerprint density at radius 2 is 2.03 bits per heavy atom. The zero-order valence-electron chi connectivity index (χ0n) is 19.5. The second-order valence-electron chi connectivity index (χ2n) is 9.70. The van der Waals surface area contributed by atoms with Crippen molar-refractivity contribution in [2.75, 3.05) is 6.61 Å². The Bertz CT molecular complexity index is 756. The number of hydrogen-bond acceptors (Lipinski definition) is 3. The van der Waals surface area contributed by atoms with Crippen LogP contribution >= 0.6 is 0 Å². The molecule has 1 saturated heterocycles. The van der Waals surface area contributed by atoms with E-state index in [9.17, 15) is 9.90 Å². The maximum Gasteiger partial charge on any atom is 0.303 e. The molecule has 2 N–H and O–H groups in total. The number of aliphatic hydroxyl groups is 1. The van der Waals surface area contributed by atoms with Crippen molar-refractivity contribution in [1.82, 2.24) is 0 Å². The highest BCUT2D eigenvalue weighted by Crippen LogP contribution is 2.57. The number of rotatable bonds is 14. The summed E-state index contributed by atoms with van der Waals surface area (Å²) in [5.41, 5.74) is 1.48. The van der Waals surface area contributed by atoms with Gasteiger partial charge in [0.1, 0.15) is 0 Å². The van der Waals surface area contributed by atoms with Gasteiger partial charge in [0, 0.05) is 17.8 Å². The summed E-state index contributed by atoms with van der Waals surface area (Å²) in [5, 5.41) is 19.2. The van der Waals surface area contributed by atoms with Gasteiger partial charge in [-0.2, -0.15) is 0 Å². The number of carboxylic acids is 1. The molecule has 0 amide bonds. The Morgan fingerprint density at radius 3 is 2.78 bits per heavy atom. The summed E-state index contributed by atoms with van der Waals surface area (Å²) >= 11 is 0. The predicted octanol–water partition coefficient (Wildman–Crippen LogP) is 5.95. The Labute approximate surface area is 193 Å². The molecule has 2 fully saturated rings. The molecule has 32 heavy (non-hydrogen) atoms. The first kappa shape index (κ1) is 24.7. The average molecular weight is 441 g/mol. The zero-order valence-corrected chi connectivity index (χ0v) is 19.5. The van der Waals surface area contributed by atoms with Crippen LogP contribution in [0.2, 0.25) is 0 Å². The number of ether oxygens (including phenoxy) is 1. The number of aliphatic carboxylic acids is 1. The van der Waals surface area contributed by atoms with E-state index in [-0.39, 0.29) is 24.0 Å². The number of fused-ring (bicyclic) bond motifs is 2. The third kappa shape index (κ3) is 6.79. The van der Waals surface area contributed by atoms with E-state index in [1.807, 2.05) is 6.08 Å². The number of carboxylic acid groups (broad SMARTS) is 1.